The van der Waals surface area contributed by atoms with Gasteiger partial charge in [0.05, 0.1) is 0 Å². The third-order valence-electron chi connectivity index (χ3n) is 6.46. The Morgan fingerprint density at radius 1 is 0.714 bits per heavy atom. The molecule has 0 heterocycles. The smallest absolute Gasteiger partial charge is 0.000718 e. The molecule has 138 valence electrons. The van der Waals surface area contributed by atoms with E-state index < -0.39 is 0 Å². The summed E-state index contributed by atoms with van der Waals surface area (Å²) in [5.41, 5.74) is 13.1. The molecule has 0 nitrogen and oxygen atoms in total. The number of aryl methyl sites for hydroxylation is 2. The van der Waals surface area contributed by atoms with E-state index in [0.717, 1.165) is 19.3 Å². The third kappa shape index (κ3) is 2.44. The van der Waals surface area contributed by atoms with Crippen LogP contribution in [-0.2, 0) is 19.3 Å². The molecule has 0 spiro atoms. The zero-order valence-corrected chi connectivity index (χ0v) is 17.0. The molecule has 0 radical (unpaired) electrons. The molecule has 0 heteroatoms. The fraction of sp³-hybridized carbons (Fsp3) is 0.214. The van der Waals surface area contributed by atoms with E-state index in [1.165, 1.54) is 60.8 Å². The lowest BCUT2D eigenvalue weighted by molar-refractivity contribution is 1.03. The van der Waals surface area contributed by atoms with E-state index in [1.54, 1.807) is 0 Å². The second-order valence-corrected chi connectivity index (χ2v) is 7.93. The average molecular weight is 363 g/mol. The van der Waals surface area contributed by atoms with Crippen LogP contribution in [-0.4, -0.2) is 0 Å². The van der Waals surface area contributed by atoms with Crippen LogP contribution in [0.4, 0.5) is 0 Å². The molecule has 1 aliphatic carbocycles. The number of fused-ring (bicyclic) bond motifs is 4. The summed E-state index contributed by atoms with van der Waals surface area (Å²) in [6.07, 6.45) is 3.19. The van der Waals surface area contributed by atoms with Crippen molar-refractivity contribution in [1.82, 2.24) is 0 Å². The van der Waals surface area contributed by atoms with Gasteiger partial charge in [-0.2, -0.15) is 0 Å². The molecule has 0 aromatic heterocycles. The Morgan fingerprint density at radius 2 is 1.46 bits per heavy atom. The Labute approximate surface area is 167 Å². The van der Waals surface area contributed by atoms with Crippen molar-refractivity contribution < 1.29 is 0 Å². The SMILES string of the molecule is CCc1cc2c(c(-c3ccc(C)c4ccccc34)c1CC)Cc1ccccc1-2. The molecular weight excluding hydrogens is 336 g/mol. The number of benzene rings is 4. The largest absolute Gasteiger partial charge is 0.0619 e. The van der Waals surface area contributed by atoms with Crippen LogP contribution in [0.2, 0.25) is 0 Å². The van der Waals surface area contributed by atoms with Crippen LogP contribution in [0.25, 0.3) is 33.0 Å². The Kier molecular flexibility index (Phi) is 4.09. The van der Waals surface area contributed by atoms with Gasteiger partial charge in [-0.1, -0.05) is 80.6 Å². The molecule has 0 aliphatic heterocycles. The van der Waals surface area contributed by atoms with Crippen molar-refractivity contribution >= 4 is 10.8 Å². The highest BCUT2D eigenvalue weighted by atomic mass is 14.3. The first-order chi connectivity index (χ1) is 13.7. The third-order valence-corrected chi connectivity index (χ3v) is 6.46. The molecule has 0 N–H and O–H groups in total. The van der Waals surface area contributed by atoms with Crippen molar-refractivity contribution in [3.05, 3.63) is 94.5 Å². The normalized spacial score (nSPS) is 12.2. The molecule has 0 atom stereocenters. The van der Waals surface area contributed by atoms with E-state index >= 15 is 0 Å². The molecule has 0 amide bonds. The van der Waals surface area contributed by atoms with Crippen molar-refractivity contribution in [2.24, 2.45) is 0 Å². The van der Waals surface area contributed by atoms with E-state index in [4.69, 9.17) is 0 Å². The Balaban J connectivity index is 1.90. The standard InChI is InChI=1S/C28H26/c1-4-19-16-26-23-12-7-6-10-20(23)17-27(26)28(21(19)5-2)25-15-14-18(3)22-11-8-9-13-24(22)25/h6-16H,4-5,17H2,1-3H3. The van der Waals surface area contributed by atoms with E-state index in [2.05, 4.69) is 87.5 Å². The van der Waals surface area contributed by atoms with E-state index in [0.29, 0.717) is 0 Å². The highest BCUT2D eigenvalue weighted by molar-refractivity contribution is 6.01. The first kappa shape index (κ1) is 17.3. The van der Waals surface area contributed by atoms with Gasteiger partial charge in [0.2, 0.25) is 0 Å². The molecular formula is C28H26. The summed E-state index contributed by atoms with van der Waals surface area (Å²) in [4.78, 5) is 0. The Morgan fingerprint density at radius 3 is 2.25 bits per heavy atom. The lowest BCUT2D eigenvalue weighted by atomic mass is 9.83. The van der Waals surface area contributed by atoms with Gasteiger partial charge in [0, 0.05) is 0 Å². The molecule has 5 rings (SSSR count). The van der Waals surface area contributed by atoms with Crippen molar-refractivity contribution in [3.8, 4) is 22.3 Å². The number of hydrogen-bond acceptors (Lipinski definition) is 0. The minimum absolute atomic E-state index is 1.04. The van der Waals surface area contributed by atoms with Gasteiger partial charge in [-0.25, -0.2) is 0 Å². The van der Waals surface area contributed by atoms with Crippen molar-refractivity contribution in [2.75, 3.05) is 0 Å². The van der Waals surface area contributed by atoms with Gasteiger partial charge in [-0.05, 0) is 87.0 Å². The fourth-order valence-electron chi connectivity index (χ4n) is 5.09. The summed E-state index contributed by atoms with van der Waals surface area (Å²) in [6, 6.07) is 25.0. The van der Waals surface area contributed by atoms with Crippen LogP contribution < -0.4 is 0 Å². The minimum atomic E-state index is 1.04. The van der Waals surface area contributed by atoms with Crippen molar-refractivity contribution in [2.45, 2.75) is 40.0 Å². The van der Waals surface area contributed by atoms with Gasteiger partial charge < -0.3 is 0 Å². The zero-order chi connectivity index (χ0) is 19.3. The maximum absolute atomic E-state index is 2.47. The monoisotopic (exact) mass is 362 g/mol. The summed E-state index contributed by atoms with van der Waals surface area (Å²) in [7, 11) is 0. The first-order valence-corrected chi connectivity index (χ1v) is 10.5. The summed E-state index contributed by atoms with van der Waals surface area (Å²) >= 11 is 0. The number of rotatable bonds is 3. The molecule has 0 saturated heterocycles. The van der Waals surface area contributed by atoms with Crippen LogP contribution in [0.5, 0.6) is 0 Å². The van der Waals surface area contributed by atoms with Gasteiger partial charge in [0.1, 0.15) is 0 Å². The van der Waals surface area contributed by atoms with Crippen LogP contribution in [0.3, 0.4) is 0 Å². The van der Waals surface area contributed by atoms with E-state index in [1.807, 2.05) is 0 Å². The summed E-state index contributed by atoms with van der Waals surface area (Å²) < 4.78 is 0. The van der Waals surface area contributed by atoms with Crippen LogP contribution >= 0.6 is 0 Å². The van der Waals surface area contributed by atoms with Crippen LogP contribution in [0.15, 0.2) is 66.7 Å². The molecule has 0 bridgehead atoms. The first-order valence-electron chi connectivity index (χ1n) is 10.5. The molecule has 0 saturated carbocycles. The fourth-order valence-corrected chi connectivity index (χ4v) is 5.09. The van der Waals surface area contributed by atoms with Crippen LogP contribution in [0.1, 0.15) is 41.7 Å². The molecule has 4 aromatic carbocycles. The molecule has 1 aliphatic rings. The topological polar surface area (TPSA) is 0 Å². The maximum atomic E-state index is 2.47. The van der Waals surface area contributed by atoms with Crippen molar-refractivity contribution in [3.63, 3.8) is 0 Å². The van der Waals surface area contributed by atoms with Gasteiger partial charge >= 0.3 is 0 Å². The minimum Gasteiger partial charge on any atom is -0.0619 e. The van der Waals surface area contributed by atoms with Crippen molar-refractivity contribution in [1.29, 1.82) is 0 Å². The average Bonchev–Trinajstić information content (AvgIpc) is 3.11. The number of hydrogen-bond donors (Lipinski definition) is 0. The molecule has 4 aromatic rings. The summed E-state index contributed by atoms with van der Waals surface area (Å²) in [5, 5.41) is 2.75. The summed E-state index contributed by atoms with van der Waals surface area (Å²) in [5.74, 6) is 0. The highest BCUT2D eigenvalue weighted by Gasteiger charge is 2.25. The van der Waals surface area contributed by atoms with Gasteiger partial charge in [-0.3, -0.25) is 0 Å². The predicted molar refractivity (Wildman–Crippen MR) is 121 cm³/mol. The maximum Gasteiger partial charge on any atom is -0.000718 e. The zero-order valence-electron chi connectivity index (χ0n) is 17.0. The second kappa shape index (κ2) is 6.63. The predicted octanol–water partition coefficient (Wildman–Crippen LogP) is 7.51. The highest BCUT2D eigenvalue weighted by Crippen LogP contribution is 2.46. The van der Waals surface area contributed by atoms with Gasteiger partial charge in [-0.15, -0.1) is 0 Å². The van der Waals surface area contributed by atoms with Gasteiger partial charge in [0.15, 0.2) is 0 Å². The Bertz CT molecular complexity index is 1210. The molecule has 28 heavy (non-hydrogen) atoms. The van der Waals surface area contributed by atoms with E-state index in [-0.39, 0.29) is 0 Å². The van der Waals surface area contributed by atoms with Crippen LogP contribution in [0, 0.1) is 6.92 Å². The summed E-state index contributed by atoms with van der Waals surface area (Å²) in [6.45, 7) is 6.82. The molecule has 0 fully saturated rings. The lowest BCUT2D eigenvalue weighted by Gasteiger charge is -2.20. The van der Waals surface area contributed by atoms with Gasteiger partial charge in [0.25, 0.3) is 0 Å². The Hall–Kier alpha value is -2.86. The van der Waals surface area contributed by atoms with E-state index in [9.17, 15) is 0 Å². The lowest BCUT2D eigenvalue weighted by Crippen LogP contribution is -2.01. The molecule has 0 unspecified atom stereocenters. The second-order valence-electron chi connectivity index (χ2n) is 7.93. The quantitative estimate of drug-likeness (QED) is 0.311.